The second kappa shape index (κ2) is 7.82. The average molecular weight is 381 g/mol. The third kappa shape index (κ3) is 5.10. The van der Waals surface area contributed by atoms with Gasteiger partial charge < -0.3 is 14.2 Å². The zero-order valence-electron chi connectivity index (χ0n) is 16.7. The maximum Gasteiger partial charge on any atom is 0.410 e. The van der Waals surface area contributed by atoms with E-state index in [1.165, 1.54) is 0 Å². The highest BCUT2D eigenvalue weighted by atomic mass is 35.5. The Morgan fingerprint density at radius 1 is 1.38 bits per heavy atom. The first-order chi connectivity index (χ1) is 12.0. The molecule has 0 N–H and O–H groups in total. The van der Waals surface area contributed by atoms with Crippen molar-refractivity contribution < 1.29 is 9.53 Å². The Morgan fingerprint density at radius 3 is 2.62 bits per heavy atom. The highest BCUT2D eigenvalue weighted by Gasteiger charge is 2.25. The van der Waals surface area contributed by atoms with Crippen LogP contribution in [0.2, 0.25) is 5.28 Å². The molecule has 6 nitrogen and oxygen atoms in total. The van der Waals surface area contributed by atoms with Gasteiger partial charge in [0.25, 0.3) is 0 Å². The van der Waals surface area contributed by atoms with E-state index in [-0.39, 0.29) is 17.4 Å². The molecule has 0 saturated heterocycles. The lowest BCUT2D eigenvalue weighted by Gasteiger charge is -2.30. The molecule has 2 heterocycles. The highest BCUT2D eigenvalue weighted by molar-refractivity contribution is 6.28. The van der Waals surface area contributed by atoms with Crippen LogP contribution in [-0.2, 0) is 4.74 Å². The van der Waals surface area contributed by atoms with Gasteiger partial charge in [-0.1, -0.05) is 13.8 Å². The van der Waals surface area contributed by atoms with Gasteiger partial charge in [-0.25, -0.2) is 9.78 Å². The maximum atomic E-state index is 12.4. The number of hydrogen-bond donors (Lipinski definition) is 0. The Balaban J connectivity index is 2.35. The molecule has 26 heavy (non-hydrogen) atoms. The number of nitrogens with zero attached hydrogens (tertiary/aromatic N) is 4. The van der Waals surface area contributed by atoms with E-state index in [4.69, 9.17) is 16.3 Å². The van der Waals surface area contributed by atoms with Gasteiger partial charge in [0.1, 0.15) is 11.2 Å². The number of amides is 1. The molecule has 1 atom stereocenters. The molecule has 0 spiro atoms. The van der Waals surface area contributed by atoms with Crippen LogP contribution in [0.1, 0.15) is 52.8 Å². The van der Waals surface area contributed by atoms with Gasteiger partial charge in [0.15, 0.2) is 0 Å². The van der Waals surface area contributed by atoms with Crippen LogP contribution in [0.15, 0.2) is 12.3 Å². The average Bonchev–Trinajstić information content (AvgIpc) is 2.79. The van der Waals surface area contributed by atoms with Crippen molar-refractivity contribution >= 4 is 28.7 Å². The summed E-state index contributed by atoms with van der Waals surface area (Å²) >= 11 is 6.02. The molecule has 7 heteroatoms. The van der Waals surface area contributed by atoms with Crippen LogP contribution in [0.5, 0.6) is 0 Å². The second-order valence-corrected chi connectivity index (χ2v) is 8.56. The highest BCUT2D eigenvalue weighted by Crippen LogP contribution is 2.28. The van der Waals surface area contributed by atoms with Gasteiger partial charge in [-0.2, -0.15) is 4.98 Å². The van der Waals surface area contributed by atoms with Crippen LogP contribution in [0.4, 0.5) is 4.79 Å². The van der Waals surface area contributed by atoms with Crippen molar-refractivity contribution in [1.82, 2.24) is 19.4 Å². The number of likely N-dealkylation sites (N-methyl/N-ethyl adjacent to an activating group) is 1. The van der Waals surface area contributed by atoms with E-state index in [0.717, 1.165) is 23.1 Å². The van der Waals surface area contributed by atoms with E-state index in [1.54, 1.807) is 18.1 Å². The fourth-order valence-electron chi connectivity index (χ4n) is 3.11. The number of hydrogen-bond acceptors (Lipinski definition) is 4. The van der Waals surface area contributed by atoms with Gasteiger partial charge in [-0.05, 0) is 57.7 Å². The second-order valence-electron chi connectivity index (χ2n) is 8.22. The summed E-state index contributed by atoms with van der Waals surface area (Å²) in [6.07, 6.45) is 2.31. The Morgan fingerprint density at radius 2 is 2.04 bits per heavy atom. The molecule has 0 aliphatic heterocycles. The quantitative estimate of drug-likeness (QED) is 0.696. The lowest BCUT2D eigenvalue weighted by atomic mass is 10.0. The lowest BCUT2D eigenvalue weighted by Crippen LogP contribution is -2.38. The van der Waals surface area contributed by atoms with Crippen molar-refractivity contribution in [3.05, 3.63) is 23.2 Å². The van der Waals surface area contributed by atoms with Crippen LogP contribution < -0.4 is 0 Å². The number of carbonyl (C=O) groups is 1. The van der Waals surface area contributed by atoms with Crippen LogP contribution >= 0.6 is 11.6 Å². The van der Waals surface area contributed by atoms with Gasteiger partial charge in [-0.3, -0.25) is 0 Å². The van der Waals surface area contributed by atoms with Gasteiger partial charge >= 0.3 is 6.09 Å². The molecule has 2 aromatic heterocycles. The van der Waals surface area contributed by atoms with Crippen molar-refractivity contribution in [2.75, 3.05) is 13.6 Å². The summed E-state index contributed by atoms with van der Waals surface area (Å²) in [6.45, 7) is 12.5. The molecule has 0 fully saturated rings. The molecule has 2 rings (SSSR count). The zero-order valence-corrected chi connectivity index (χ0v) is 17.5. The minimum atomic E-state index is -0.518. The van der Waals surface area contributed by atoms with Crippen LogP contribution in [0.25, 0.3) is 11.0 Å². The van der Waals surface area contributed by atoms with Gasteiger partial charge in [0, 0.05) is 30.9 Å². The smallest absolute Gasteiger partial charge is 0.410 e. The molecule has 0 bridgehead atoms. The van der Waals surface area contributed by atoms with E-state index >= 15 is 0 Å². The van der Waals surface area contributed by atoms with Crippen LogP contribution in [0, 0.1) is 12.8 Å². The Bertz CT molecular complexity index is 780. The number of ether oxygens (including phenoxy) is 1. The minimum absolute atomic E-state index is 0.0657. The Labute approximate surface area is 160 Å². The Kier molecular flexibility index (Phi) is 6.17. The molecule has 144 valence electrons. The summed E-state index contributed by atoms with van der Waals surface area (Å²) in [4.78, 5) is 22.5. The monoisotopic (exact) mass is 380 g/mol. The SMILES string of the molecule is Cc1cc2cnc(Cl)nc2n1[C@@H](CC(C)C)CN(C)C(=O)OC(C)(C)C. The molecular formula is C19H29ClN4O2. The van der Waals surface area contributed by atoms with Crippen molar-refractivity contribution in [1.29, 1.82) is 0 Å². The van der Waals surface area contributed by atoms with E-state index in [2.05, 4.69) is 28.4 Å². The molecule has 0 unspecified atom stereocenters. The van der Waals surface area contributed by atoms with E-state index < -0.39 is 5.60 Å². The van der Waals surface area contributed by atoms with Gasteiger partial charge in [-0.15, -0.1) is 0 Å². The number of aryl methyl sites for hydroxylation is 1. The van der Waals surface area contributed by atoms with Crippen LogP contribution in [0.3, 0.4) is 0 Å². The van der Waals surface area contributed by atoms with Crippen LogP contribution in [-0.4, -0.2) is 44.7 Å². The zero-order chi connectivity index (χ0) is 19.6. The molecule has 0 aliphatic carbocycles. The number of halogens is 1. The summed E-state index contributed by atoms with van der Waals surface area (Å²) < 4.78 is 7.65. The lowest BCUT2D eigenvalue weighted by molar-refractivity contribution is 0.0271. The number of fused-ring (bicyclic) bond motifs is 1. The molecule has 0 aliphatic rings. The molecule has 2 aromatic rings. The number of carbonyl (C=O) groups excluding carboxylic acids is 1. The van der Waals surface area contributed by atoms with Crippen molar-refractivity contribution in [2.24, 2.45) is 5.92 Å². The summed E-state index contributed by atoms with van der Waals surface area (Å²) in [6, 6.07) is 2.11. The topological polar surface area (TPSA) is 60.2 Å². The standard InChI is InChI=1S/C19H29ClN4O2/c1-12(2)8-15(11-23(7)18(25)26-19(4,5)6)24-13(3)9-14-10-21-17(20)22-16(14)24/h9-10,12,15H,8,11H2,1-7H3/t15-/m0/s1. The summed E-state index contributed by atoms with van der Waals surface area (Å²) in [5, 5.41) is 1.17. The van der Waals surface area contributed by atoms with E-state index in [1.807, 2.05) is 33.8 Å². The number of aromatic nitrogens is 3. The fraction of sp³-hybridized carbons (Fsp3) is 0.632. The Hall–Kier alpha value is -1.82. The summed E-state index contributed by atoms with van der Waals surface area (Å²) in [5.74, 6) is 0.459. The first-order valence-corrected chi connectivity index (χ1v) is 9.30. The number of rotatable bonds is 5. The fourth-order valence-corrected chi connectivity index (χ4v) is 3.24. The first-order valence-electron chi connectivity index (χ1n) is 8.92. The van der Waals surface area contributed by atoms with E-state index in [0.29, 0.717) is 12.5 Å². The molecule has 0 saturated carbocycles. The van der Waals surface area contributed by atoms with Crippen molar-refractivity contribution in [3.8, 4) is 0 Å². The largest absolute Gasteiger partial charge is 0.444 e. The molecule has 1 amide bonds. The predicted molar refractivity (Wildman–Crippen MR) is 105 cm³/mol. The third-order valence-corrected chi connectivity index (χ3v) is 4.22. The van der Waals surface area contributed by atoms with Crippen molar-refractivity contribution in [2.45, 2.75) is 59.6 Å². The van der Waals surface area contributed by atoms with Gasteiger partial charge in [0.05, 0.1) is 6.04 Å². The molecule has 0 aromatic carbocycles. The maximum absolute atomic E-state index is 12.4. The summed E-state index contributed by atoms with van der Waals surface area (Å²) in [7, 11) is 1.77. The van der Waals surface area contributed by atoms with E-state index in [9.17, 15) is 4.79 Å². The van der Waals surface area contributed by atoms with Gasteiger partial charge in [0.2, 0.25) is 5.28 Å². The molecule has 0 radical (unpaired) electrons. The normalized spacial score (nSPS) is 13.3. The van der Waals surface area contributed by atoms with Crippen molar-refractivity contribution in [3.63, 3.8) is 0 Å². The molecular weight excluding hydrogens is 352 g/mol. The minimum Gasteiger partial charge on any atom is -0.444 e. The summed E-state index contributed by atoms with van der Waals surface area (Å²) in [5.41, 5.74) is 1.35. The third-order valence-electron chi connectivity index (χ3n) is 4.04. The predicted octanol–water partition coefficient (Wildman–Crippen LogP) is 4.85. The first kappa shape index (κ1) is 20.5.